The third kappa shape index (κ3) is 10.6. The molecule has 0 aromatic rings. The van der Waals surface area contributed by atoms with E-state index in [0.29, 0.717) is 5.92 Å². The van der Waals surface area contributed by atoms with Gasteiger partial charge in [0, 0.05) is 12.1 Å². The highest BCUT2D eigenvalue weighted by Crippen LogP contribution is 2.15. The fraction of sp³-hybridized carbons (Fsp3) is 1.00. The molecular weight excluding hydrogens is 250 g/mol. The zero-order chi connectivity index (χ0) is 15.2. The summed E-state index contributed by atoms with van der Waals surface area (Å²) in [6, 6.07) is 0.231. The molecule has 0 aliphatic carbocycles. The van der Waals surface area contributed by atoms with Gasteiger partial charge in [0.2, 0.25) is 0 Å². The minimum atomic E-state index is 0.112. The van der Waals surface area contributed by atoms with Crippen LogP contribution in [0, 0.1) is 5.92 Å². The van der Waals surface area contributed by atoms with Crippen molar-refractivity contribution in [1.82, 2.24) is 0 Å². The second-order valence-electron chi connectivity index (χ2n) is 5.93. The SMILES string of the molecule is NCCCCCC(N)C(N)CCCC(CN)CCCN. The van der Waals surface area contributed by atoms with Crippen LogP contribution in [0.5, 0.6) is 0 Å². The predicted octanol–water partition coefficient (Wildman–Crippen LogP) is 0.644. The summed E-state index contributed by atoms with van der Waals surface area (Å²) in [6.45, 7) is 2.27. The van der Waals surface area contributed by atoms with Crippen molar-refractivity contribution in [2.75, 3.05) is 19.6 Å². The van der Waals surface area contributed by atoms with Crippen molar-refractivity contribution in [3.63, 3.8) is 0 Å². The van der Waals surface area contributed by atoms with Gasteiger partial charge in [0.25, 0.3) is 0 Å². The quantitative estimate of drug-likeness (QED) is 0.299. The maximum Gasteiger partial charge on any atom is 0.0192 e. The lowest BCUT2D eigenvalue weighted by atomic mass is 9.93. The van der Waals surface area contributed by atoms with Gasteiger partial charge in [-0.15, -0.1) is 0 Å². The van der Waals surface area contributed by atoms with E-state index in [9.17, 15) is 0 Å². The Morgan fingerprint density at radius 2 is 1.10 bits per heavy atom. The first-order valence-corrected chi connectivity index (χ1v) is 8.27. The molecule has 0 spiro atoms. The number of hydrogen-bond acceptors (Lipinski definition) is 5. The molecule has 5 nitrogen and oxygen atoms in total. The summed E-state index contributed by atoms with van der Waals surface area (Å²) in [4.78, 5) is 0. The Kier molecular flexibility index (Phi) is 13.6. The first-order valence-electron chi connectivity index (χ1n) is 8.27. The van der Waals surface area contributed by atoms with E-state index in [4.69, 9.17) is 28.7 Å². The van der Waals surface area contributed by atoms with E-state index in [-0.39, 0.29) is 12.1 Å². The molecule has 0 aromatic carbocycles. The summed E-state index contributed by atoms with van der Waals surface area (Å²) in [5.74, 6) is 0.589. The molecule has 20 heavy (non-hydrogen) atoms. The summed E-state index contributed by atoms with van der Waals surface area (Å²) >= 11 is 0. The molecule has 5 heteroatoms. The predicted molar refractivity (Wildman–Crippen MR) is 88.2 cm³/mol. The van der Waals surface area contributed by atoms with Gasteiger partial charge in [-0.3, -0.25) is 0 Å². The van der Waals surface area contributed by atoms with Crippen LogP contribution < -0.4 is 28.7 Å². The Bertz CT molecular complexity index is 201. The third-order valence-corrected chi connectivity index (χ3v) is 4.09. The van der Waals surface area contributed by atoms with Gasteiger partial charge >= 0.3 is 0 Å². The molecule has 0 amide bonds. The van der Waals surface area contributed by atoms with Gasteiger partial charge in [-0.05, 0) is 64.1 Å². The van der Waals surface area contributed by atoms with Gasteiger partial charge < -0.3 is 28.7 Å². The lowest BCUT2D eigenvalue weighted by Gasteiger charge is -2.21. The highest BCUT2D eigenvalue weighted by Gasteiger charge is 2.14. The lowest BCUT2D eigenvalue weighted by Crippen LogP contribution is -2.41. The molecule has 0 saturated carbocycles. The van der Waals surface area contributed by atoms with Crippen LogP contribution >= 0.6 is 0 Å². The lowest BCUT2D eigenvalue weighted by molar-refractivity contribution is 0.390. The molecule has 0 heterocycles. The van der Waals surface area contributed by atoms with Crippen molar-refractivity contribution in [2.24, 2.45) is 34.6 Å². The third-order valence-electron chi connectivity index (χ3n) is 4.09. The molecule has 0 rings (SSSR count). The minimum Gasteiger partial charge on any atom is -0.330 e. The van der Waals surface area contributed by atoms with Crippen LogP contribution in [0.15, 0.2) is 0 Å². The molecule has 0 saturated heterocycles. The average molecular weight is 287 g/mol. The number of hydrogen-bond donors (Lipinski definition) is 5. The van der Waals surface area contributed by atoms with Crippen LogP contribution in [0.25, 0.3) is 0 Å². The van der Waals surface area contributed by atoms with E-state index in [1.807, 2.05) is 0 Å². The monoisotopic (exact) mass is 287 g/mol. The zero-order valence-corrected chi connectivity index (χ0v) is 13.1. The number of nitrogens with two attached hydrogens (primary N) is 5. The van der Waals surface area contributed by atoms with Crippen molar-refractivity contribution < 1.29 is 0 Å². The largest absolute Gasteiger partial charge is 0.330 e. The van der Waals surface area contributed by atoms with E-state index in [2.05, 4.69) is 0 Å². The molecule has 0 bridgehead atoms. The molecule has 122 valence electrons. The molecule has 0 aliphatic rings. The fourth-order valence-electron chi connectivity index (χ4n) is 2.56. The minimum absolute atomic E-state index is 0.112. The van der Waals surface area contributed by atoms with Crippen molar-refractivity contribution in [2.45, 2.75) is 69.9 Å². The normalized spacial score (nSPS) is 16.1. The molecule has 0 aliphatic heterocycles. The topological polar surface area (TPSA) is 130 Å². The van der Waals surface area contributed by atoms with E-state index < -0.39 is 0 Å². The molecule has 3 unspecified atom stereocenters. The van der Waals surface area contributed by atoms with E-state index in [1.54, 1.807) is 0 Å². The Morgan fingerprint density at radius 3 is 1.65 bits per heavy atom. The van der Waals surface area contributed by atoms with Crippen LogP contribution in [0.1, 0.15) is 57.8 Å². The first kappa shape index (κ1) is 19.8. The van der Waals surface area contributed by atoms with Crippen LogP contribution in [-0.4, -0.2) is 31.7 Å². The number of rotatable bonds is 14. The first-order chi connectivity index (χ1) is 9.65. The standard InChI is InChI=1S/C15H37N5/c16-10-3-1-2-8-14(19)15(20)9-4-6-13(12-18)7-5-11-17/h13-15H,1-12,16-20H2. The Balaban J connectivity index is 3.65. The van der Waals surface area contributed by atoms with Crippen molar-refractivity contribution in [3.05, 3.63) is 0 Å². The fourth-order valence-corrected chi connectivity index (χ4v) is 2.56. The van der Waals surface area contributed by atoms with Crippen LogP contribution in [0.2, 0.25) is 0 Å². The molecular formula is C15H37N5. The second kappa shape index (κ2) is 13.8. The summed E-state index contributed by atoms with van der Waals surface area (Å²) in [6.07, 6.45) is 9.84. The second-order valence-corrected chi connectivity index (χ2v) is 5.93. The van der Waals surface area contributed by atoms with Crippen LogP contribution in [0.3, 0.4) is 0 Å². The average Bonchev–Trinajstić information content (AvgIpc) is 2.46. The maximum absolute atomic E-state index is 6.16. The van der Waals surface area contributed by atoms with Crippen LogP contribution in [-0.2, 0) is 0 Å². The highest BCUT2D eigenvalue weighted by molar-refractivity contribution is 4.76. The Morgan fingerprint density at radius 1 is 0.550 bits per heavy atom. The number of unbranched alkanes of at least 4 members (excludes halogenated alkanes) is 2. The summed E-state index contributed by atoms with van der Waals surface area (Å²) in [7, 11) is 0. The summed E-state index contributed by atoms with van der Waals surface area (Å²) in [5.41, 5.74) is 29.1. The molecule has 0 aromatic heterocycles. The van der Waals surface area contributed by atoms with Gasteiger partial charge in [0.1, 0.15) is 0 Å². The zero-order valence-electron chi connectivity index (χ0n) is 13.1. The Labute approximate surface area is 125 Å². The smallest absolute Gasteiger partial charge is 0.0192 e. The maximum atomic E-state index is 6.16. The van der Waals surface area contributed by atoms with Gasteiger partial charge in [0.15, 0.2) is 0 Å². The van der Waals surface area contributed by atoms with E-state index in [0.717, 1.165) is 77.4 Å². The van der Waals surface area contributed by atoms with Gasteiger partial charge in [-0.1, -0.05) is 19.3 Å². The van der Waals surface area contributed by atoms with Crippen molar-refractivity contribution in [1.29, 1.82) is 0 Å². The summed E-state index contributed by atoms with van der Waals surface area (Å²) in [5, 5.41) is 0. The van der Waals surface area contributed by atoms with Crippen LogP contribution in [0.4, 0.5) is 0 Å². The van der Waals surface area contributed by atoms with Crippen molar-refractivity contribution >= 4 is 0 Å². The highest BCUT2D eigenvalue weighted by atomic mass is 14.8. The van der Waals surface area contributed by atoms with Gasteiger partial charge in [-0.2, -0.15) is 0 Å². The molecule has 0 radical (unpaired) electrons. The molecule has 10 N–H and O–H groups in total. The van der Waals surface area contributed by atoms with Crippen molar-refractivity contribution in [3.8, 4) is 0 Å². The molecule has 3 atom stereocenters. The molecule has 0 fully saturated rings. The van der Waals surface area contributed by atoms with E-state index >= 15 is 0 Å². The van der Waals surface area contributed by atoms with Gasteiger partial charge in [0.05, 0.1) is 0 Å². The Hall–Kier alpha value is -0.200. The van der Waals surface area contributed by atoms with E-state index in [1.165, 1.54) is 0 Å². The van der Waals surface area contributed by atoms with Gasteiger partial charge in [-0.25, -0.2) is 0 Å². The summed E-state index contributed by atoms with van der Waals surface area (Å²) < 4.78 is 0.